The Morgan fingerprint density at radius 3 is 2.55 bits per heavy atom. The van der Waals surface area contributed by atoms with Gasteiger partial charge in [-0.2, -0.15) is 0 Å². The van der Waals surface area contributed by atoms with Gasteiger partial charge in [0.1, 0.15) is 0 Å². The molecule has 3 nitrogen and oxygen atoms in total. The molecule has 2 N–H and O–H groups in total. The molecular weight excluding hydrogens is 142 g/mol. The Kier molecular flexibility index (Phi) is 1.42. The summed E-state index contributed by atoms with van der Waals surface area (Å²) in [7, 11) is 0. The van der Waals surface area contributed by atoms with Crippen LogP contribution in [0.1, 0.15) is 6.92 Å². The zero-order valence-electron chi connectivity index (χ0n) is 6.58. The molecule has 4 atom stereocenters. The van der Waals surface area contributed by atoms with E-state index in [1.54, 1.807) is 0 Å². The highest BCUT2D eigenvalue weighted by Crippen LogP contribution is 2.52. The van der Waals surface area contributed by atoms with Crippen molar-refractivity contribution in [3.05, 3.63) is 0 Å². The van der Waals surface area contributed by atoms with Gasteiger partial charge in [-0.3, -0.25) is 4.79 Å². The molecule has 2 aliphatic rings. The van der Waals surface area contributed by atoms with Crippen LogP contribution in [0.5, 0.6) is 0 Å². The summed E-state index contributed by atoms with van der Waals surface area (Å²) in [6, 6.07) is 0. The van der Waals surface area contributed by atoms with E-state index in [1.807, 2.05) is 6.92 Å². The van der Waals surface area contributed by atoms with Crippen LogP contribution in [-0.4, -0.2) is 24.2 Å². The molecule has 2 fully saturated rings. The van der Waals surface area contributed by atoms with Crippen LogP contribution < -0.4 is 5.32 Å². The van der Waals surface area contributed by atoms with E-state index >= 15 is 0 Å². The van der Waals surface area contributed by atoms with Gasteiger partial charge in [0.25, 0.3) is 0 Å². The molecule has 1 heterocycles. The van der Waals surface area contributed by atoms with Crippen LogP contribution >= 0.6 is 0 Å². The van der Waals surface area contributed by atoms with Gasteiger partial charge in [-0.1, -0.05) is 6.92 Å². The maximum atomic E-state index is 10.6. The van der Waals surface area contributed by atoms with E-state index in [1.165, 1.54) is 0 Å². The third-order valence-electron chi connectivity index (χ3n) is 3.12. The van der Waals surface area contributed by atoms with E-state index in [4.69, 9.17) is 5.11 Å². The molecule has 1 saturated heterocycles. The number of hydrogen-bond donors (Lipinski definition) is 2. The number of carboxylic acids is 1. The molecule has 11 heavy (non-hydrogen) atoms. The van der Waals surface area contributed by atoms with E-state index in [0.29, 0.717) is 17.8 Å². The van der Waals surface area contributed by atoms with E-state index in [0.717, 1.165) is 13.1 Å². The molecule has 1 unspecified atom stereocenters. The molecule has 2 rings (SSSR count). The SMILES string of the molecule is C[C@@H](C(=O)O)C1[C@H]2CNC[C@@H]12. The van der Waals surface area contributed by atoms with Crippen LogP contribution in [0.25, 0.3) is 0 Å². The van der Waals surface area contributed by atoms with Gasteiger partial charge in [0.05, 0.1) is 5.92 Å². The highest BCUT2D eigenvalue weighted by Gasteiger charge is 2.56. The molecule has 0 radical (unpaired) electrons. The zero-order chi connectivity index (χ0) is 8.01. The van der Waals surface area contributed by atoms with E-state index < -0.39 is 5.97 Å². The molecule has 3 heteroatoms. The van der Waals surface area contributed by atoms with Gasteiger partial charge in [0, 0.05) is 0 Å². The molecule has 0 bridgehead atoms. The Morgan fingerprint density at radius 2 is 2.09 bits per heavy atom. The quantitative estimate of drug-likeness (QED) is 0.597. The first-order valence-corrected chi connectivity index (χ1v) is 4.15. The zero-order valence-corrected chi connectivity index (χ0v) is 6.58. The highest BCUT2D eigenvalue weighted by molar-refractivity contribution is 5.70. The number of carboxylic acid groups (broad SMARTS) is 1. The molecule has 0 amide bonds. The van der Waals surface area contributed by atoms with Crippen LogP contribution in [-0.2, 0) is 4.79 Å². The number of rotatable bonds is 2. The van der Waals surface area contributed by atoms with Crippen molar-refractivity contribution in [3.8, 4) is 0 Å². The minimum absolute atomic E-state index is 0.132. The van der Waals surface area contributed by atoms with Gasteiger partial charge in [-0.05, 0) is 30.8 Å². The highest BCUT2D eigenvalue weighted by atomic mass is 16.4. The fraction of sp³-hybridized carbons (Fsp3) is 0.875. The summed E-state index contributed by atoms with van der Waals surface area (Å²) in [4.78, 5) is 10.6. The molecule has 1 aliphatic heterocycles. The Morgan fingerprint density at radius 1 is 1.55 bits per heavy atom. The molecule has 0 spiro atoms. The minimum Gasteiger partial charge on any atom is -0.481 e. The first-order valence-electron chi connectivity index (χ1n) is 4.15. The Hall–Kier alpha value is -0.570. The first kappa shape index (κ1) is 7.10. The van der Waals surface area contributed by atoms with Crippen molar-refractivity contribution >= 4 is 5.97 Å². The summed E-state index contributed by atoms with van der Waals surface area (Å²) in [6.07, 6.45) is 0. The first-order chi connectivity index (χ1) is 5.22. The van der Waals surface area contributed by atoms with Crippen molar-refractivity contribution in [2.45, 2.75) is 6.92 Å². The van der Waals surface area contributed by atoms with Gasteiger partial charge < -0.3 is 10.4 Å². The van der Waals surface area contributed by atoms with Gasteiger partial charge in [0.2, 0.25) is 0 Å². The molecular formula is C8H13NO2. The number of aliphatic carboxylic acids is 1. The molecule has 0 aromatic rings. The summed E-state index contributed by atoms with van der Waals surface area (Å²) >= 11 is 0. The summed E-state index contributed by atoms with van der Waals surface area (Å²) in [5, 5.41) is 12.0. The topological polar surface area (TPSA) is 49.3 Å². The van der Waals surface area contributed by atoms with Gasteiger partial charge in [-0.25, -0.2) is 0 Å². The van der Waals surface area contributed by atoms with Crippen molar-refractivity contribution in [3.63, 3.8) is 0 Å². The fourth-order valence-corrected chi connectivity index (χ4v) is 2.37. The van der Waals surface area contributed by atoms with Gasteiger partial charge in [-0.15, -0.1) is 0 Å². The maximum Gasteiger partial charge on any atom is 0.306 e. The molecule has 62 valence electrons. The third-order valence-corrected chi connectivity index (χ3v) is 3.12. The lowest BCUT2D eigenvalue weighted by Gasteiger charge is -2.07. The number of piperidine rings is 1. The lowest BCUT2D eigenvalue weighted by atomic mass is 10.0. The standard InChI is InChI=1S/C8H13NO2/c1-4(8(10)11)7-5-2-9-3-6(5)7/h4-7,9H,2-3H2,1H3,(H,10,11)/t4-,5-,6+,7?/m1/s1. The molecule has 0 aromatic carbocycles. The van der Waals surface area contributed by atoms with E-state index in [9.17, 15) is 4.79 Å². The normalized spacial score (nSPS) is 43.2. The smallest absolute Gasteiger partial charge is 0.306 e. The van der Waals surface area contributed by atoms with Crippen LogP contribution in [0.2, 0.25) is 0 Å². The number of nitrogens with one attached hydrogen (secondary N) is 1. The second-order valence-electron chi connectivity index (χ2n) is 3.69. The van der Waals surface area contributed by atoms with Crippen LogP contribution in [0.15, 0.2) is 0 Å². The van der Waals surface area contributed by atoms with Crippen molar-refractivity contribution in [2.75, 3.05) is 13.1 Å². The van der Waals surface area contributed by atoms with Crippen molar-refractivity contribution in [2.24, 2.45) is 23.7 Å². The van der Waals surface area contributed by atoms with Crippen molar-refractivity contribution < 1.29 is 9.90 Å². The third kappa shape index (κ3) is 0.948. The maximum absolute atomic E-state index is 10.6. The molecule has 1 aliphatic carbocycles. The van der Waals surface area contributed by atoms with Crippen LogP contribution in [0, 0.1) is 23.7 Å². The predicted molar refractivity (Wildman–Crippen MR) is 40.1 cm³/mol. The minimum atomic E-state index is -0.635. The largest absolute Gasteiger partial charge is 0.481 e. The summed E-state index contributed by atoms with van der Waals surface area (Å²) in [5.74, 6) is 1.03. The number of fused-ring (bicyclic) bond motifs is 1. The predicted octanol–water partition coefficient (Wildman–Crippen LogP) is 0.172. The number of carbonyl (C=O) groups is 1. The van der Waals surface area contributed by atoms with Gasteiger partial charge in [0.15, 0.2) is 0 Å². The lowest BCUT2D eigenvalue weighted by molar-refractivity contribution is -0.142. The van der Waals surface area contributed by atoms with Crippen molar-refractivity contribution in [1.82, 2.24) is 5.32 Å². The van der Waals surface area contributed by atoms with E-state index in [-0.39, 0.29) is 5.92 Å². The van der Waals surface area contributed by atoms with Crippen molar-refractivity contribution in [1.29, 1.82) is 0 Å². The van der Waals surface area contributed by atoms with Crippen LogP contribution in [0.4, 0.5) is 0 Å². The number of hydrogen-bond acceptors (Lipinski definition) is 2. The average molecular weight is 155 g/mol. The summed E-state index contributed by atoms with van der Waals surface area (Å²) < 4.78 is 0. The summed E-state index contributed by atoms with van der Waals surface area (Å²) in [6.45, 7) is 3.89. The van der Waals surface area contributed by atoms with Crippen LogP contribution in [0.3, 0.4) is 0 Å². The Balaban J connectivity index is 1.95. The van der Waals surface area contributed by atoms with E-state index in [2.05, 4.69) is 5.32 Å². The Bertz CT molecular complexity index is 183. The second kappa shape index (κ2) is 2.21. The molecule has 0 aromatic heterocycles. The second-order valence-corrected chi connectivity index (χ2v) is 3.69. The fourth-order valence-electron chi connectivity index (χ4n) is 2.37. The summed E-state index contributed by atoms with van der Waals surface area (Å²) in [5.41, 5.74) is 0. The van der Waals surface area contributed by atoms with Gasteiger partial charge >= 0.3 is 5.97 Å². The average Bonchev–Trinajstić information content (AvgIpc) is 2.41. The monoisotopic (exact) mass is 155 g/mol. The molecule has 1 saturated carbocycles. The Labute approximate surface area is 65.8 Å². The lowest BCUT2D eigenvalue weighted by Crippen LogP contribution is -2.21.